The fraction of sp³-hybridized carbons (Fsp3) is 0.280. The predicted octanol–water partition coefficient (Wildman–Crippen LogP) is 5.67. The van der Waals surface area contributed by atoms with Crippen molar-refractivity contribution in [1.82, 2.24) is 25.4 Å². The summed E-state index contributed by atoms with van der Waals surface area (Å²) in [4.78, 5) is 22.6. The van der Waals surface area contributed by atoms with Crippen LogP contribution in [0.15, 0.2) is 59.3 Å². The number of ether oxygens (including phenoxy) is 1. The molecule has 0 saturated carbocycles. The molecule has 2 aromatic heterocycles. The first-order valence-corrected chi connectivity index (χ1v) is 11.2. The molecule has 0 unspecified atom stereocenters. The molecule has 2 heterocycles. The van der Waals surface area contributed by atoms with Crippen molar-refractivity contribution in [2.75, 3.05) is 0 Å². The number of halogens is 3. The van der Waals surface area contributed by atoms with Gasteiger partial charge >= 0.3 is 6.18 Å². The predicted molar refractivity (Wildman–Crippen MR) is 125 cm³/mol. The van der Waals surface area contributed by atoms with Crippen molar-refractivity contribution in [1.29, 1.82) is 0 Å². The van der Waals surface area contributed by atoms with E-state index in [1.807, 2.05) is 20.8 Å². The highest BCUT2D eigenvalue weighted by Crippen LogP contribution is 2.34. The number of aryl methyl sites for hydroxylation is 1. The first-order chi connectivity index (χ1) is 17.4. The number of hydrogen-bond donors (Lipinski definition) is 1. The average molecular weight is 515 g/mol. The molecule has 194 valence electrons. The van der Waals surface area contributed by atoms with Crippen molar-refractivity contribution in [3.8, 4) is 23.0 Å². The molecule has 0 fully saturated rings. The fourth-order valence-corrected chi connectivity index (χ4v) is 3.38. The smallest absolute Gasteiger partial charge is 0.416 e. The number of benzene rings is 2. The van der Waals surface area contributed by atoms with Crippen LogP contribution in [0, 0.1) is 6.92 Å². The minimum atomic E-state index is -4.54. The summed E-state index contributed by atoms with van der Waals surface area (Å²) in [5.41, 5.74) is 2.33. The topological polar surface area (TPSA) is 104 Å². The summed E-state index contributed by atoms with van der Waals surface area (Å²) in [7, 11) is 0. The molecule has 0 bridgehead atoms. The summed E-state index contributed by atoms with van der Waals surface area (Å²) in [5.74, 6) is 0.134. The van der Waals surface area contributed by atoms with Gasteiger partial charge in [0.1, 0.15) is 5.75 Å². The number of nitrogens with zero attached hydrogens (tertiary/aromatic N) is 4. The maximum Gasteiger partial charge on any atom is 0.416 e. The number of amides is 1. The molecule has 0 atom stereocenters. The van der Waals surface area contributed by atoms with Crippen LogP contribution in [0.2, 0.25) is 0 Å². The molecule has 9 nitrogen and oxygen atoms in total. The van der Waals surface area contributed by atoms with Crippen LogP contribution in [0.25, 0.3) is 11.5 Å². The molecule has 0 saturated heterocycles. The summed E-state index contributed by atoms with van der Waals surface area (Å²) < 4.78 is 51.5. The number of rotatable bonds is 7. The summed E-state index contributed by atoms with van der Waals surface area (Å²) in [5, 5.41) is 7.97. The first kappa shape index (κ1) is 25.9. The lowest BCUT2D eigenvalue weighted by molar-refractivity contribution is -0.137. The number of alkyl halides is 3. The lowest BCUT2D eigenvalue weighted by Gasteiger charge is -2.22. The largest absolute Gasteiger partial charge is 0.453 e. The van der Waals surface area contributed by atoms with Crippen molar-refractivity contribution in [2.24, 2.45) is 0 Å². The second-order valence-corrected chi connectivity index (χ2v) is 9.13. The number of hydroxylamine groups is 1. The van der Waals surface area contributed by atoms with Crippen LogP contribution in [-0.2, 0) is 23.2 Å². The van der Waals surface area contributed by atoms with Gasteiger partial charge in [-0.1, -0.05) is 23.4 Å². The van der Waals surface area contributed by atoms with Gasteiger partial charge in [-0.15, -0.1) is 0 Å². The van der Waals surface area contributed by atoms with Crippen molar-refractivity contribution >= 4 is 5.91 Å². The quantitative estimate of drug-likeness (QED) is 0.316. The van der Waals surface area contributed by atoms with Gasteiger partial charge in [0.25, 0.3) is 11.8 Å². The molecule has 0 aliphatic heterocycles. The maximum atomic E-state index is 13.1. The molecule has 4 aromatic rings. The van der Waals surface area contributed by atoms with Crippen LogP contribution < -0.4 is 10.2 Å². The van der Waals surface area contributed by atoms with E-state index in [2.05, 4.69) is 20.7 Å². The van der Waals surface area contributed by atoms with E-state index in [9.17, 15) is 18.0 Å². The van der Waals surface area contributed by atoms with Crippen LogP contribution in [0.4, 0.5) is 13.2 Å². The Morgan fingerprint density at radius 1 is 1.11 bits per heavy atom. The van der Waals surface area contributed by atoms with E-state index < -0.39 is 23.2 Å². The number of hydrogen-bond acceptors (Lipinski definition) is 7. The minimum Gasteiger partial charge on any atom is -0.453 e. The molecular formula is C25H24F3N5O4. The molecule has 37 heavy (non-hydrogen) atoms. The van der Waals surface area contributed by atoms with Gasteiger partial charge in [0.05, 0.1) is 23.9 Å². The third-order valence-electron chi connectivity index (χ3n) is 5.11. The number of aromatic nitrogens is 4. The molecule has 0 radical (unpaired) electrons. The van der Waals surface area contributed by atoms with Gasteiger partial charge in [0.15, 0.2) is 17.3 Å². The van der Waals surface area contributed by atoms with Gasteiger partial charge in [0.2, 0.25) is 0 Å². The van der Waals surface area contributed by atoms with E-state index in [-0.39, 0.29) is 23.8 Å². The Morgan fingerprint density at radius 2 is 1.84 bits per heavy atom. The molecular weight excluding hydrogens is 491 g/mol. The third kappa shape index (κ3) is 6.15. The molecule has 1 N–H and O–H groups in total. The van der Waals surface area contributed by atoms with E-state index in [4.69, 9.17) is 14.1 Å². The van der Waals surface area contributed by atoms with Crippen LogP contribution in [0.5, 0.6) is 11.5 Å². The van der Waals surface area contributed by atoms with Gasteiger partial charge < -0.3 is 9.26 Å². The first-order valence-electron chi connectivity index (χ1n) is 11.2. The second-order valence-electron chi connectivity index (χ2n) is 9.13. The molecule has 1 amide bonds. The Balaban J connectivity index is 1.47. The van der Waals surface area contributed by atoms with E-state index in [1.165, 1.54) is 23.0 Å². The van der Waals surface area contributed by atoms with Crippen molar-refractivity contribution in [3.05, 3.63) is 77.4 Å². The third-order valence-corrected chi connectivity index (χ3v) is 5.11. The Kier molecular flexibility index (Phi) is 7.03. The molecule has 0 spiro atoms. The molecule has 0 aliphatic rings. The van der Waals surface area contributed by atoms with Crippen molar-refractivity contribution in [2.45, 2.75) is 46.0 Å². The number of carbonyl (C=O) groups is 1. The zero-order valence-electron chi connectivity index (χ0n) is 20.5. The Hall–Kier alpha value is -4.19. The summed E-state index contributed by atoms with van der Waals surface area (Å²) in [6, 6.07) is 11.5. The van der Waals surface area contributed by atoms with E-state index in [0.717, 1.165) is 23.3 Å². The molecule has 2 aromatic carbocycles. The maximum absolute atomic E-state index is 13.1. The van der Waals surface area contributed by atoms with Crippen molar-refractivity contribution < 1.29 is 32.1 Å². The highest BCUT2D eigenvalue weighted by Gasteiger charge is 2.31. The van der Waals surface area contributed by atoms with Crippen LogP contribution in [0.3, 0.4) is 0 Å². The van der Waals surface area contributed by atoms with Gasteiger partial charge in [-0.2, -0.15) is 23.3 Å². The van der Waals surface area contributed by atoms with Crippen molar-refractivity contribution in [3.63, 3.8) is 0 Å². The standard InChI is InChI=1S/C25H24F3N5O4/c1-15-30-23(37-31-15)17-10-8-16(9-11-17)14-35-32-22(34)21-20(13-29-33(21)24(2,3)4)36-19-7-5-6-18(12-19)25(26,27)28/h5-13H,14H2,1-4H3,(H,32,34). The number of nitrogens with one attached hydrogen (secondary N) is 1. The Morgan fingerprint density at radius 3 is 2.46 bits per heavy atom. The van der Waals surface area contributed by atoms with E-state index in [0.29, 0.717) is 11.7 Å². The SMILES string of the molecule is Cc1noc(-c2ccc(CONC(=O)c3c(Oc4cccc(C(F)(F)F)c4)cnn3C(C)(C)C)cc2)n1. The molecule has 4 rings (SSSR count). The number of carbonyl (C=O) groups excluding carboxylic acids is 1. The Bertz CT molecular complexity index is 1390. The van der Waals surface area contributed by atoms with Crippen LogP contribution in [0.1, 0.15) is 48.2 Å². The molecule has 0 aliphatic carbocycles. The van der Waals surface area contributed by atoms with Crippen LogP contribution in [-0.4, -0.2) is 25.8 Å². The summed E-state index contributed by atoms with van der Waals surface area (Å²) in [6.45, 7) is 7.22. The fourth-order valence-electron chi connectivity index (χ4n) is 3.38. The zero-order chi connectivity index (χ0) is 26.8. The van der Waals surface area contributed by atoms with Crippen LogP contribution >= 0.6 is 0 Å². The zero-order valence-corrected chi connectivity index (χ0v) is 20.5. The van der Waals surface area contributed by atoms with E-state index >= 15 is 0 Å². The normalized spacial score (nSPS) is 12.0. The van der Waals surface area contributed by atoms with E-state index in [1.54, 1.807) is 31.2 Å². The summed E-state index contributed by atoms with van der Waals surface area (Å²) >= 11 is 0. The van der Waals surface area contributed by atoms with Gasteiger partial charge in [-0.3, -0.25) is 14.3 Å². The highest BCUT2D eigenvalue weighted by atomic mass is 19.4. The van der Waals surface area contributed by atoms with Gasteiger partial charge in [-0.25, -0.2) is 5.48 Å². The lowest BCUT2D eigenvalue weighted by Crippen LogP contribution is -2.32. The monoisotopic (exact) mass is 515 g/mol. The lowest BCUT2D eigenvalue weighted by atomic mass is 10.1. The van der Waals surface area contributed by atoms with Gasteiger partial charge in [-0.05, 0) is 63.6 Å². The average Bonchev–Trinajstić information content (AvgIpc) is 3.45. The molecule has 12 heteroatoms. The highest BCUT2D eigenvalue weighted by molar-refractivity contribution is 5.94. The minimum absolute atomic E-state index is 0.00739. The second kappa shape index (κ2) is 10.1. The Labute approximate surface area is 210 Å². The van der Waals surface area contributed by atoms with Gasteiger partial charge in [0, 0.05) is 5.56 Å². The summed E-state index contributed by atoms with van der Waals surface area (Å²) in [6.07, 6.45) is -3.26.